The molecular formula is C12H26N2O2. The van der Waals surface area contributed by atoms with E-state index in [1.165, 1.54) is 6.42 Å². The lowest BCUT2D eigenvalue weighted by molar-refractivity contribution is 0.0320. The van der Waals surface area contributed by atoms with Gasteiger partial charge in [0.2, 0.25) is 0 Å². The molecule has 1 rings (SSSR count). The number of rotatable bonds is 5. The number of hydrogen-bond donors (Lipinski definition) is 2. The van der Waals surface area contributed by atoms with Gasteiger partial charge in [-0.2, -0.15) is 0 Å². The Bertz CT molecular complexity index is 201. The van der Waals surface area contributed by atoms with Crippen molar-refractivity contribution < 1.29 is 9.84 Å². The summed E-state index contributed by atoms with van der Waals surface area (Å²) < 4.78 is 5.06. The molecule has 1 fully saturated rings. The zero-order valence-corrected chi connectivity index (χ0v) is 10.7. The molecule has 3 N–H and O–H groups in total. The average Bonchev–Trinajstić information content (AvgIpc) is 2.25. The topological polar surface area (TPSA) is 58.7 Å². The van der Waals surface area contributed by atoms with Gasteiger partial charge in [-0.15, -0.1) is 0 Å². The molecular weight excluding hydrogens is 204 g/mol. The molecule has 1 aliphatic heterocycles. The highest BCUT2D eigenvalue weighted by molar-refractivity contribution is 4.86. The summed E-state index contributed by atoms with van der Waals surface area (Å²) >= 11 is 0. The standard InChI is InChI=1S/C12H26N2O2/c1-9-4-5-14(6-10(9)2)12(7-15)11(13)8-16-3/h9-12,15H,4-8,13H2,1-3H3. The van der Waals surface area contributed by atoms with Crippen LogP contribution in [0.5, 0.6) is 0 Å². The minimum atomic E-state index is -0.101. The molecule has 0 bridgehead atoms. The van der Waals surface area contributed by atoms with Crippen molar-refractivity contribution in [3.8, 4) is 0 Å². The Balaban J connectivity index is 2.53. The fraction of sp³-hybridized carbons (Fsp3) is 1.00. The number of hydrogen-bond acceptors (Lipinski definition) is 4. The molecule has 1 saturated heterocycles. The first kappa shape index (κ1) is 13.9. The lowest BCUT2D eigenvalue weighted by Crippen LogP contribution is -2.55. The van der Waals surface area contributed by atoms with Crippen LogP contribution in [-0.4, -0.2) is 55.5 Å². The molecule has 0 amide bonds. The Kier molecular flexibility index (Phi) is 5.69. The third-order valence-corrected chi connectivity index (χ3v) is 3.87. The van der Waals surface area contributed by atoms with Gasteiger partial charge in [0.25, 0.3) is 0 Å². The molecule has 0 radical (unpaired) electrons. The smallest absolute Gasteiger partial charge is 0.0629 e. The molecule has 4 atom stereocenters. The molecule has 0 saturated carbocycles. The maximum Gasteiger partial charge on any atom is 0.0629 e. The van der Waals surface area contributed by atoms with Crippen LogP contribution < -0.4 is 5.73 Å². The number of aliphatic hydroxyl groups is 1. The van der Waals surface area contributed by atoms with E-state index in [1.807, 2.05) is 0 Å². The van der Waals surface area contributed by atoms with Crippen LogP contribution in [0.2, 0.25) is 0 Å². The highest BCUT2D eigenvalue weighted by atomic mass is 16.5. The van der Waals surface area contributed by atoms with Crippen molar-refractivity contribution in [3.63, 3.8) is 0 Å². The lowest BCUT2D eigenvalue weighted by atomic mass is 9.87. The summed E-state index contributed by atoms with van der Waals surface area (Å²) in [5.74, 6) is 1.45. The molecule has 0 aromatic heterocycles. The minimum Gasteiger partial charge on any atom is -0.395 e. The summed E-state index contributed by atoms with van der Waals surface area (Å²) in [7, 11) is 1.65. The maximum atomic E-state index is 9.45. The third kappa shape index (κ3) is 3.42. The fourth-order valence-electron chi connectivity index (χ4n) is 2.42. The molecule has 0 aliphatic carbocycles. The van der Waals surface area contributed by atoms with E-state index in [9.17, 15) is 5.11 Å². The van der Waals surface area contributed by atoms with Crippen molar-refractivity contribution in [1.82, 2.24) is 4.90 Å². The van der Waals surface area contributed by atoms with Crippen molar-refractivity contribution in [2.24, 2.45) is 17.6 Å². The summed E-state index contributed by atoms with van der Waals surface area (Å²) in [6, 6.07) is -0.0643. The van der Waals surface area contributed by atoms with Crippen LogP contribution in [-0.2, 0) is 4.74 Å². The number of aliphatic hydroxyl groups excluding tert-OH is 1. The normalized spacial score (nSPS) is 31.3. The number of piperidine rings is 1. The number of nitrogens with zero attached hydrogens (tertiary/aromatic N) is 1. The zero-order chi connectivity index (χ0) is 12.1. The molecule has 4 heteroatoms. The first-order chi connectivity index (χ1) is 7.60. The van der Waals surface area contributed by atoms with Gasteiger partial charge >= 0.3 is 0 Å². The van der Waals surface area contributed by atoms with Crippen molar-refractivity contribution in [3.05, 3.63) is 0 Å². The second-order valence-corrected chi connectivity index (χ2v) is 5.11. The highest BCUT2D eigenvalue weighted by Gasteiger charge is 2.30. The van der Waals surface area contributed by atoms with E-state index in [0.29, 0.717) is 12.5 Å². The van der Waals surface area contributed by atoms with Crippen LogP contribution in [0.15, 0.2) is 0 Å². The monoisotopic (exact) mass is 230 g/mol. The van der Waals surface area contributed by atoms with E-state index in [2.05, 4.69) is 18.7 Å². The molecule has 0 spiro atoms. The SMILES string of the molecule is COCC(N)C(CO)N1CCC(C)C(C)C1. The van der Waals surface area contributed by atoms with Crippen molar-refractivity contribution in [2.45, 2.75) is 32.4 Å². The first-order valence-corrected chi connectivity index (χ1v) is 6.19. The number of methoxy groups -OCH3 is 1. The second-order valence-electron chi connectivity index (χ2n) is 5.11. The summed E-state index contributed by atoms with van der Waals surface area (Å²) in [6.45, 7) is 7.26. The van der Waals surface area contributed by atoms with Gasteiger partial charge in [-0.05, 0) is 24.8 Å². The van der Waals surface area contributed by atoms with E-state index in [-0.39, 0.29) is 18.7 Å². The van der Waals surface area contributed by atoms with Crippen LogP contribution >= 0.6 is 0 Å². The van der Waals surface area contributed by atoms with Crippen molar-refractivity contribution in [1.29, 1.82) is 0 Å². The molecule has 4 nitrogen and oxygen atoms in total. The Hall–Kier alpha value is -0.160. The molecule has 16 heavy (non-hydrogen) atoms. The summed E-state index contributed by atoms with van der Waals surface area (Å²) in [6.07, 6.45) is 1.19. The predicted molar refractivity (Wildman–Crippen MR) is 65.2 cm³/mol. The Morgan fingerprint density at radius 1 is 1.44 bits per heavy atom. The van der Waals surface area contributed by atoms with E-state index in [0.717, 1.165) is 19.0 Å². The lowest BCUT2D eigenvalue weighted by Gasteiger charge is -2.41. The molecule has 0 aromatic rings. The molecule has 96 valence electrons. The average molecular weight is 230 g/mol. The quantitative estimate of drug-likeness (QED) is 0.713. The van der Waals surface area contributed by atoms with Gasteiger partial charge < -0.3 is 15.6 Å². The van der Waals surface area contributed by atoms with Crippen LogP contribution in [0, 0.1) is 11.8 Å². The second kappa shape index (κ2) is 6.55. The van der Waals surface area contributed by atoms with E-state index in [1.54, 1.807) is 7.11 Å². The largest absolute Gasteiger partial charge is 0.395 e. The van der Waals surface area contributed by atoms with Crippen LogP contribution in [0.25, 0.3) is 0 Å². The highest BCUT2D eigenvalue weighted by Crippen LogP contribution is 2.24. The number of likely N-dealkylation sites (tertiary alicyclic amines) is 1. The molecule has 4 unspecified atom stereocenters. The third-order valence-electron chi connectivity index (χ3n) is 3.87. The van der Waals surface area contributed by atoms with E-state index >= 15 is 0 Å². The van der Waals surface area contributed by atoms with Gasteiger partial charge in [0, 0.05) is 19.7 Å². The Morgan fingerprint density at radius 3 is 2.62 bits per heavy atom. The summed E-state index contributed by atoms with van der Waals surface area (Å²) in [5, 5.41) is 9.45. The maximum absolute atomic E-state index is 9.45. The fourth-order valence-corrected chi connectivity index (χ4v) is 2.42. The molecule has 0 aromatic carbocycles. The molecule has 1 heterocycles. The van der Waals surface area contributed by atoms with Crippen molar-refractivity contribution in [2.75, 3.05) is 33.4 Å². The first-order valence-electron chi connectivity index (χ1n) is 6.19. The number of nitrogens with two attached hydrogens (primary N) is 1. The summed E-state index contributed by atoms with van der Waals surface area (Å²) in [5.41, 5.74) is 6.02. The Morgan fingerprint density at radius 2 is 2.12 bits per heavy atom. The van der Waals surface area contributed by atoms with Gasteiger partial charge in [0.15, 0.2) is 0 Å². The number of ether oxygens (including phenoxy) is 1. The minimum absolute atomic E-state index is 0.0369. The van der Waals surface area contributed by atoms with Crippen LogP contribution in [0.1, 0.15) is 20.3 Å². The van der Waals surface area contributed by atoms with Gasteiger partial charge in [-0.3, -0.25) is 4.90 Å². The van der Waals surface area contributed by atoms with Crippen LogP contribution in [0.4, 0.5) is 0 Å². The van der Waals surface area contributed by atoms with Gasteiger partial charge in [0.05, 0.1) is 19.3 Å². The van der Waals surface area contributed by atoms with Gasteiger partial charge in [-0.25, -0.2) is 0 Å². The van der Waals surface area contributed by atoms with E-state index < -0.39 is 0 Å². The Labute approximate surface area is 98.8 Å². The van der Waals surface area contributed by atoms with Gasteiger partial charge in [-0.1, -0.05) is 13.8 Å². The van der Waals surface area contributed by atoms with E-state index in [4.69, 9.17) is 10.5 Å². The zero-order valence-electron chi connectivity index (χ0n) is 10.7. The predicted octanol–water partition coefficient (Wildman–Crippen LogP) is 0.299. The summed E-state index contributed by atoms with van der Waals surface area (Å²) in [4.78, 5) is 2.31. The van der Waals surface area contributed by atoms with Crippen molar-refractivity contribution >= 4 is 0 Å². The van der Waals surface area contributed by atoms with Crippen LogP contribution in [0.3, 0.4) is 0 Å². The van der Waals surface area contributed by atoms with Gasteiger partial charge in [0.1, 0.15) is 0 Å². The molecule has 1 aliphatic rings.